The molecule has 2 aliphatic rings. The van der Waals surface area contributed by atoms with Crippen LogP contribution in [0.5, 0.6) is 0 Å². The molecule has 120 valence electrons. The zero-order valence-electron chi connectivity index (χ0n) is 13.2. The van der Waals surface area contributed by atoms with E-state index in [0.29, 0.717) is 24.4 Å². The molecule has 1 aliphatic heterocycles. The molecule has 5 nitrogen and oxygen atoms in total. The van der Waals surface area contributed by atoms with E-state index in [9.17, 15) is 9.59 Å². The molecular formula is C16H28N2O3. The van der Waals surface area contributed by atoms with Crippen LogP contribution in [0.15, 0.2) is 0 Å². The first-order valence-corrected chi connectivity index (χ1v) is 8.23. The quantitative estimate of drug-likeness (QED) is 0.838. The van der Waals surface area contributed by atoms with E-state index in [1.807, 2.05) is 11.8 Å². The Morgan fingerprint density at radius 3 is 2.71 bits per heavy atom. The summed E-state index contributed by atoms with van der Waals surface area (Å²) in [6.45, 7) is 5.71. The van der Waals surface area contributed by atoms with Gasteiger partial charge in [-0.25, -0.2) is 4.79 Å². The molecule has 1 aliphatic carbocycles. The second-order valence-corrected chi connectivity index (χ2v) is 6.99. The largest absolute Gasteiger partial charge is 0.481 e. The summed E-state index contributed by atoms with van der Waals surface area (Å²) in [4.78, 5) is 25.1. The van der Waals surface area contributed by atoms with Crippen molar-refractivity contribution in [3.63, 3.8) is 0 Å². The summed E-state index contributed by atoms with van der Waals surface area (Å²) in [6, 6.07) is 0.366. The number of amides is 2. The van der Waals surface area contributed by atoms with Crippen molar-refractivity contribution in [2.45, 2.75) is 58.4 Å². The summed E-state index contributed by atoms with van der Waals surface area (Å²) < 4.78 is 0. The molecule has 2 rings (SSSR count). The van der Waals surface area contributed by atoms with Crippen LogP contribution in [0.3, 0.4) is 0 Å². The van der Waals surface area contributed by atoms with E-state index in [1.165, 1.54) is 6.42 Å². The van der Waals surface area contributed by atoms with Crippen molar-refractivity contribution in [1.29, 1.82) is 0 Å². The Morgan fingerprint density at radius 1 is 1.33 bits per heavy atom. The number of aliphatic carboxylic acids is 1. The maximum Gasteiger partial charge on any atom is 0.317 e. The van der Waals surface area contributed by atoms with Crippen LogP contribution in [0.4, 0.5) is 4.79 Å². The van der Waals surface area contributed by atoms with E-state index in [1.54, 1.807) is 0 Å². The molecule has 0 aromatic rings. The lowest BCUT2D eigenvalue weighted by molar-refractivity contribution is -0.138. The Hall–Kier alpha value is -1.26. The van der Waals surface area contributed by atoms with Gasteiger partial charge in [-0.05, 0) is 49.9 Å². The molecule has 4 atom stereocenters. The van der Waals surface area contributed by atoms with E-state index in [-0.39, 0.29) is 18.4 Å². The van der Waals surface area contributed by atoms with Crippen LogP contribution >= 0.6 is 0 Å². The van der Waals surface area contributed by atoms with Gasteiger partial charge in [-0.1, -0.05) is 13.8 Å². The van der Waals surface area contributed by atoms with Gasteiger partial charge < -0.3 is 15.3 Å². The van der Waals surface area contributed by atoms with Gasteiger partial charge in [0.1, 0.15) is 0 Å². The fraction of sp³-hybridized carbons (Fsp3) is 0.875. The maximum atomic E-state index is 12.3. The third-order valence-electron chi connectivity index (χ3n) is 5.07. The van der Waals surface area contributed by atoms with Gasteiger partial charge in [-0.15, -0.1) is 0 Å². The number of nitrogens with zero attached hydrogens (tertiary/aromatic N) is 1. The number of hydrogen-bond acceptors (Lipinski definition) is 2. The molecule has 2 N–H and O–H groups in total. The molecule has 5 heteroatoms. The Bertz CT molecular complexity index is 386. The summed E-state index contributed by atoms with van der Waals surface area (Å²) in [5, 5.41) is 12.1. The van der Waals surface area contributed by atoms with Gasteiger partial charge in [0.2, 0.25) is 0 Å². The second-order valence-electron chi connectivity index (χ2n) is 6.99. The zero-order valence-corrected chi connectivity index (χ0v) is 13.2. The van der Waals surface area contributed by atoms with Crippen LogP contribution in [0.2, 0.25) is 0 Å². The summed E-state index contributed by atoms with van der Waals surface area (Å²) in [6.07, 6.45) is 5.56. The van der Waals surface area contributed by atoms with Crippen LogP contribution in [0.25, 0.3) is 0 Å². The fourth-order valence-electron chi connectivity index (χ4n) is 3.71. The molecule has 0 aromatic carbocycles. The van der Waals surface area contributed by atoms with E-state index in [0.717, 1.165) is 32.2 Å². The molecular weight excluding hydrogens is 268 g/mol. The SMILES string of the molecule is CC1CCC(NC(=O)N2CCCC(C(C)CC(=O)O)C2)C1. The van der Waals surface area contributed by atoms with Crippen molar-refractivity contribution in [3.8, 4) is 0 Å². The Labute approximate surface area is 127 Å². The van der Waals surface area contributed by atoms with E-state index in [2.05, 4.69) is 12.2 Å². The molecule has 21 heavy (non-hydrogen) atoms. The molecule has 4 unspecified atom stereocenters. The minimum Gasteiger partial charge on any atom is -0.481 e. The minimum atomic E-state index is -0.746. The van der Waals surface area contributed by atoms with E-state index < -0.39 is 5.97 Å². The van der Waals surface area contributed by atoms with Crippen molar-refractivity contribution >= 4 is 12.0 Å². The van der Waals surface area contributed by atoms with Gasteiger partial charge in [-0.3, -0.25) is 4.79 Å². The standard InChI is InChI=1S/C16H28N2O3/c1-11-5-6-14(8-11)17-16(21)18-7-3-4-13(10-18)12(2)9-15(19)20/h11-14H,3-10H2,1-2H3,(H,17,21)(H,19,20). The monoisotopic (exact) mass is 296 g/mol. The highest BCUT2D eigenvalue weighted by Crippen LogP contribution is 2.27. The van der Waals surface area contributed by atoms with E-state index in [4.69, 9.17) is 5.11 Å². The first-order chi connectivity index (χ1) is 9.95. The van der Waals surface area contributed by atoms with Gasteiger partial charge in [0, 0.05) is 25.6 Å². The number of carboxylic acids is 1. The highest BCUT2D eigenvalue weighted by Gasteiger charge is 2.30. The lowest BCUT2D eigenvalue weighted by Gasteiger charge is -2.36. The van der Waals surface area contributed by atoms with Crippen LogP contribution < -0.4 is 5.32 Å². The predicted molar refractivity (Wildman–Crippen MR) is 81.0 cm³/mol. The van der Waals surface area contributed by atoms with Crippen LogP contribution in [0, 0.1) is 17.8 Å². The first-order valence-electron chi connectivity index (χ1n) is 8.23. The highest BCUT2D eigenvalue weighted by molar-refractivity contribution is 5.74. The zero-order chi connectivity index (χ0) is 15.4. The van der Waals surface area contributed by atoms with Crippen molar-refractivity contribution in [2.24, 2.45) is 17.8 Å². The van der Waals surface area contributed by atoms with Gasteiger partial charge in [0.25, 0.3) is 0 Å². The lowest BCUT2D eigenvalue weighted by Crippen LogP contribution is -2.49. The number of carbonyl (C=O) groups excluding carboxylic acids is 1. The third-order valence-corrected chi connectivity index (χ3v) is 5.07. The number of likely N-dealkylation sites (tertiary alicyclic amines) is 1. The predicted octanol–water partition coefficient (Wildman–Crippen LogP) is 2.71. The van der Waals surface area contributed by atoms with Gasteiger partial charge in [0.15, 0.2) is 0 Å². The third kappa shape index (κ3) is 4.61. The average molecular weight is 296 g/mol. The van der Waals surface area contributed by atoms with Crippen LogP contribution in [0.1, 0.15) is 52.4 Å². The Kier molecular flexibility index (Phi) is 5.48. The van der Waals surface area contributed by atoms with Crippen molar-refractivity contribution in [1.82, 2.24) is 10.2 Å². The van der Waals surface area contributed by atoms with Crippen molar-refractivity contribution in [3.05, 3.63) is 0 Å². The average Bonchev–Trinajstić information content (AvgIpc) is 2.83. The van der Waals surface area contributed by atoms with Crippen molar-refractivity contribution in [2.75, 3.05) is 13.1 Å². The molecule has 0 radical (unpaired) electrons. The normalized spacial score (nSPS) is 31.0. The van der Waals surface area contributed by atoms with Gasteiger partial charge in [0.05, 0.1) is 0 Å². The molecule has 0 aromatic heterocycles. The van der Waals surface area contributed by atoms with Crippen LogP contribution in [-0.4, -0.2) is 41.1 Å². The second kappa shape index (κ2) is 7.14. The summed E-state index contributed by atoms with van der Waals surface area (Å²) >= 11 is 0. The molecule has 2 amide bonds. The summed E-state index contributed by atoms with van der Waals surface area (Å²) in [5.41, 5.74) is 0. The van der Waals surface area contributed by atoms with E-state index >= 15 is 0 Å². The minimum absolute atomic E-state index is 0.0429. The topological polar surface area (TPSA) is 69.6 Å². The molecule has 2 fully saturated rings. The fourth-order valence-corrected chi connectivity index (χ4v) is 3.71. The summed E-state index contributed by atoms with van der Waals surface area (Å²) in [7, 11) is 0. The van der Waals surface area contributed by atoms with Gasteiger partial charge >= 0.3 is 12.0 Å². The first kappa shape index (κ1) is 16.1. The molecule has 0 spiro atoms. The molecule has 1 heterocycles. The van der Waals surface area contributed by atoms with Crippen LogP contribution in [-0.2, 0) is 4.79 Å². The Morgan fingerprint density at radius 2 is 2.10 bits per heavy atom. The molecule has 1 saturated heterocycles. The smallest absolute Gasteiger partial charge is 0.317 e. The van der Waals surface area contributed by atoms with Crippen molar-refractivity contribution < 1.29 is 14.7 Å². The number of piperidine rings is 1. The molecule has 1 saturated carbocycles. The summed E-state index contributed by atoms with van der Waals surface area (Å²) in [5.74, 6) is 0.400. The lowest BCUT2D eigenvalue weighted by atomic mass is 9.85. The number of rotatable bonds is 4. The number of urea groups is 1. The number of nitrogens with one attached hydrogen (secondary N) is 1. The molecule has 0 bridgehead atoms. The maximum absolute atomic E-state index is 12.3. The highest BCUT2D eigenvalue weighted by atomic mass is 16.4. The Balaban J connectivity index is 1.82. The number of carboxylic acid groups (broad SMARTS) is 1. The van der Waals surface area contributed by atoms with Gasteiger partial charge in [-0.2, -0.15) is 0 Å². The number of hydrogen-bond donors (Lipinski definition) is 2. The number of carbonyl (C=O) groups is 2.